The molecule has 1 aliphatic heterocycles. The second kappa shape index (κ2) is 30.6. The van der Waals surface area contributed by atoms with Crippen LogP contribution in [-0.4, -0.2) is 146 Å². The summed E-state index contributed by atoms with van der Waals surface area (Å²) >= 11 is 0. The maximum atomic E-state index is 14.6. The van der Waals surface area contributed by atoms with Crippen LogP contribution in [0.5, 0.6) is 5.75 Å². The monoisotopic (exact) mass is 1060 g/mol. The maximum Gasteiger partial charge on any atom is 0.243 e. The van der Waals surface area contributed by atoms with Crippen LogP contribution in [-0.2, 0) is 56.0 Å². The number of rotatable bonds is 19. The van der Waals surface area contributed by atoms with Gasteiger partial charge in [0, 0.05) is 62.9 Å². The maximum absolute atomic E-state index is 14.6. The predicted molar refractivity (Wildman–Crippen MR) is 281 cm³/mol. The lowest BCUT2D eigenvalue weighted by atomic mass is 10.0. The van der Waals surface area contributed by atoms with E-state index < -0.39 is 95.5 Å². The Morgan fingerprint density at radius 1 is 0.737 bits per heavy atom. The number of aromatic nitrogens is 1. The van der Waals surface area contributed by atoms with Gasteiger partial charge >= 0.3 is 0 Å². The summed E-state index contributed by atoms with van der Waals surface area (Å²) in [7, 11) is 1.47. The van der Waals surface area contributed by atoms with Crippen LogP contribution in [0.3, 0.4) is 0 Å². The van der Waals surface area contributed by atoms with Crippen molar-refractivity contribution in [2.75, 3.05) is 33.3 Å². The first-order valence-electron chi connectivity index (χ1n) is 25.0. The quantitative estimate of drug-likeness (QED) is 0.0314. The molecular formula is C49H73N17O10. The Balaban J connectivity index is 1.77. The lowest BCUT2D eigenvalue weighted by molar-refractivity contribution is -0.136. The fourth-order valence-electron chi connectivity index (χ4n) is 8.30. The van der Waals surface area contributed by atoms with E-state index in [4.69, 9.17) is 38.5 Å². The summed E-state index contributed by atoms with van der Waals surface area (Å²) in [6.07, 6.45) is 1.06. The molecule has 2 heterocycles. The van der Waals surface area contributed by atoms with E-state index in [1.165, 1.54) is 14.0 Å². The highest BCUT2D eigenvalue weighted by Crippen LogP contribution is 2.20. The normalized spacial score (nSPS) is 20.9. The minimum absolute atomic E-state index is 0.0214. The van der Waals surface area contributed by atoms with Crippen molar-refractivity contribution < 1.29 is 47.9 Å². The van der Waals surface area contributed by atoms with Crippen molar-refractivity contribution >= 4 is 76.0 Å². The first-order chi connectivity index (χ1) is 36.3. The average molecular weight is 1060 g/mol. The Morgan fingerprint density at radius 2 is 1.33 bits per heavy atom. The first-order valence-corrected chi connectivity index (χ1v) is 25.0. The molecule has 3 aromatic rings. The number of para-hydroxylation sites is 1. The van der Waals surface area contributed by atoms with Crippen molar-refractivity contribution in [2.45, 2.75) is 120 Å². The van der Waals surface area contributed by atoms with E-state index in [9.17, 15) is 43.2 Å². The lowest BCUT2D eigenvalue weighted by Gasteiger charge is -2.28. The van der Waals surface area contributed by atoms with E-state index in [0.717, 1.165) is 10.9 Å². The molecule has 0 bridgehead atoms. The number of primary amides is 1. The van der Waals surface area contributed by atoms with Crippen molar-refractivity contribution in [3.05, 3.63) is 65.9 Å². The van der Waals surface area contributed by atoms with Gasteiger partial charge in [-0.15, -0.1) is 0 Å². The number of benzene rings is 2. The summed E-state index contributed by atoms with van der Waals surface area (Å²) in [5, 5.41) is 42.3. The molecule has 0 radical (unpaired) electrons. The second-order valence-electron chi connectivity index (χ2n) is 18.2. The van der Waals surface area contributed by atoms with Crippen LogP contribution in [0.1, 0.15) is 75.8 Å². The molecule has 76 heavy (non-hydrogen) atoms. The van der Waals surface area contributed by atoms with Gasteiger partial charge in [-0.25, -0.2) is 0 Å². The number of fused-ring (bicyclic) bond motifs is 1. The van der Waals surface area contributed by atoms with Crippen molar-refractivity contribution in [3.8, 4) is 5.75 Å². The zero-order chi connectivity index (χ0) is 55.7. The van der Waals surface area contributed by atoms with Crippen LogP contribution in [0.15, 0.2) is 54.7 Å². The fraction of sp³-hybridized carbons (Fsp3) is 0.490. The zero-order valence-electron chi connectivity index (χ0n) is 42.7. The Kier molecular flexibility index (Phi) is 24.2. The van der Waals surface area contributed by atoms with Crippen molar-refractivity contribution in [1.82, 2.24) is 58.2 Å². The highest BCUT2D eigenvalue weighted by Gasteiger charge is 2.35. The molecule has 0 spiro atoms. The van der Waals surface area contributed by atoms with Crippen LogP contribution >= 0.6 is 0 Å². The second-order valence-corrected chi connectivity index (χ2v) is 18.2. The summed E-state index contributed by atoms with van der Waals surface area (Å²) in [6.45, 7) is 1.32. The first kappa shape index (κ1) is 60.1. The van der Waals surface area contributed by atoms with Crippen LogP contribution in [0.25, 0.3) is 10.9 Å². The van der Waals surface area contributed by atoms with Crippen LogP contribution in [0.2, 0.25) is 0 Å². The number of aromatic amines is 1. The topological polar surface area (TPSA) is 451 Å². The largest absolute Gasteiger partial charge is 0.497 e. The van der Waals surface area contributed by atoms with Gasteiger partial charge in [-0.05, 0) is 87.2 Å². The molecule has 1 aliphatic rings. The van der Waals surface area contributed by atoms with Crippen LogP contribution < -0.4 is 80.8 Å². The van der Waals surface area contributed by atoms with E-state index in [2.05, 4.69) is 58.2 Å². The molecule has 9 amide bonds. The lowest BCUT2D eigenvalue weighted by Crippen LogP contribution is -2.60. The van der Waals surface area contributed by atoms with E-state index in [0.29, 0.717) is 16.9 Å². The number of methoxy groups -OCH3 is 1. The van der Waals surface area contributed by atoms with E-state index in [1.807, 2.05) is 18.2 Å². The summed E-state index contributed by atoms with van der Waals surface area (Å²) in [5.41, 5.74) is 24.5. The number of guanidine groups is 2. The molecule has 21 N–H and O–H groups in total. The van der Waals surface area contributed by atoms with Gasteiger partial charge in [0.1, 0.15) is 48.0 Å². The molecule has 0 unspecified atom stereocenters. The number of hydrogen-bond acceptors (Lipinski definition) is 13. The molecule has 1 fully saturated rings. The van der Waals surface area contributed by atoms with E-state index in [-0.39, 0.29) is 109 Å². The van der Waals surface area contributed by atoms with Gasteiger partial charge in [0.15, 0.2) is 11.9 Å². The van der Waals surface area contributed by atoms with E-state index >= 15 is 0 Å². The van der Waals surface area contributed by atoms with Gasteiger partial charge < -0.3 is 85.8 Å². The molecule has 414 valence electrons. The Labute approximate surface area is 439 Å². The average Bonchev–Trinajstić information content (AvgIpc) is 3.79. The van der Waals surface area contributed by atoms with Crippen LogP contribution in [0, 0.1) is 10.8 Å². The summed E-state index contributed by atoms with van der Waals surface area (Å²) in [5.74, 6) is -7.24. The molecule has 0 saturated carbocycles. The minimum atomic E-state index is -1.48. The molecular weight excluding hydrogens is 987 g/mol. The highest BCUT2D eigenvalue weighted by molar-refractivity contribution is 5.98. The van der Waals surface area contributed by atoms with Gasteiger partial charge in [-0.1, -0.05) is 30.3 Å². The van der Waals surface area contributed by atoms with E-state index in [1.54, 1.807) is 36.5 Å². The van der Waals surface area contributed by atoms with Crippen molar-refractivity contribution in [3.63, 3.8) is 0 Å². The highest BCUT2D eigenvalue weighted by atomic mass is 16.5. The number of nitrogens with one attached hydrogen (secondary N) is 13. The summed E-state index contributed by atoms with van der Waals surface area (Å²) < 4.78 is 5.30. The Morgan fingerprint density at radius 3 is 1.96 bits per heavy atom. The molecule has 4 rings (SSSR count). The van der Waals surface area contributed by atoms with Gasteiger partial charge in [-0.3, -0.25) is 54.0 Å². The van der Waals surface area contributed by atoms with Gasteiger partial charge in [0.25, 0.3) is 0 Å². The van der Waals surface area contributed by atoms with Gasteiger partial charge in [0.05, 0.1) is 7.11 Å². The summed E-state index contributed by atoms with van der Waals surface area (Å²) in [6, 6.07) is 4.31. The molecule has 0 aliphatic carbocycles. The number of ether oxygens (including phenoxy) is 1. The molecule has 1 saturated heterocycles. The van der Waals surface area contributed by atoms with Crippen molar-refractivity contribution in [1.29, 1.82) is 10.8 Å². The van der Waals surface area contributed by atoms with Crippen LogP contribution in [0.4, 0.5) is 0 Å². The molecule has 1 aromatic heterocycles. The van der Waals surface area contributed by atoms with Crippen molar-refractivity contribution in [2.24, 2.45) is 22.9 Å². The molecule has 27 nitrogen and oxygen atoms in total. The zero-order valence-corrected chi connectivity index (χ0v) is 42.7. The number of amides is 9. The molecule has 7 atom stereocenters. The standard InChI is InChI=1S/C49H73N17O10/c1-27(67)60-34(11-6-22-57-48(52)53)42(70)63-36-17-18-40(68)56-21-5-10-33(41(51)69)61-47(75)39(25-29-26-59-32-9-4-3-8-31(29)32)66-43(71)35(12-7-23-58-49(54)55)62-46(74)38(24-28-13-15-30(76-2)16-14-28)65-45(73)37(19-20-50)64-44(36)72/h3-4,8-9,13-16,26,33-39,59H,5-7,10-12,17-25,50H2,1-2H3,(H2,51,69)(H,56,68)(H,60,67)(H,61,75)(H,62,74)(H,63,70)(H,64,72)(H,65,73)(H,66,71)(H4,52,53,57)(H4,54,55,58)/t33-,34-,35-,36-,37-,38+,39-/m0/s1. The predicted octanol–water partition coefficient (Wildman–Crippen LogP) is -3.57. The third-order valence-electron chi connectivity index (χ3n) is 12.3. The number of nitrogens with two attached hydrogens (primary N) is 4. The number of hydrogen-bond donors (Lipinski definition) is 17. The molecule has 27 heteroatoms. The fourth-order valence-corrected chi connectivity index (χ4v) is 8.30. The smallest absolute Gasteiger partial charge is 0.243 e. The molecule has 2 aromatic carbocycles. The summed E-state index contributed by atoms with van der Waals surface area (Å²) in [4.78, 5) is 127. The third-order valence-corrected chi connectivity index (χ3v) is 12.3. The Bertz CT molecular complexity index is 2520. The number of H-pyrrole nitrogens is 1. The van der Waals surface area contributed by atoms with Gasteiger partial charge in [-0.2, -0.15) is 0 Å². The number of carbonyl (C=O) groups is 9. The van der Waals surface area contributed by atoms with Gasteiger partial charge in [0.2, 0.25) is 53.2 Å². The Hall–Kier alpha value is -8.49. The number of carbonyl (C=O) groups excluding carboxylic acids is 9. The third kappa shape index (κ3) is 20.1. The minimum Gasteiger partial charge on any atom is -0.497 e. The SMILES string of the molecule is COc1ccc(C[C@H]2NC(=O)[C@H](CCN)NC(=O)[C@@H](NC(=O)[C@H](CCCNC(=N)N)NC(C)=O)CCC(=O)NCCC[C@@H](C(N)=O)NC(=O)[C@H](Cc3c[nH]c4ccccc34)NC(=O)[C@H](CCCNC(=N)N)NC2=O)cc1.